The van der Waals surface area contributed by atoms with Gasteiger partial charge in [0.05, 0.1) is 31.0 Å². The second kappa shape index (κ2) is 9.99. The first-order valence-electron chi connectivity index (χ1n) is 10.6. The van der Waals surface area contributed by atoms with Crippen molar-refractivity contribution in [3.63, 3.8) is 0 Å². The summed E-state index contributed by atoms with van der Waals surface area (Å²) in [7, 11) is 2.44. The van der Waals surface area contributed by atoms with E-state index in [9.17, 15) is 0 Å². The lowest BCUT2D eigenvalue weighted by molar-refractivity contribution is -0.309. The molecule has 3 fully saturated rings. The maximum Gasteiger partial charge on any atom is 0.168 e. The van der Waals surface area contributed by atoms with Crippen molar-refractivity contribution in [1.82, 2.24) is 0 Å². The Morgan fingerprint density at radius 1 is 1.04 bits per heavy atom. The topological polar surface area (TPSA) is 36.9 Å². The first-order valence-corrected chi connectivity index (χ1v) is 11.0. The molecule has 2 aliphatic heterocycles. The molecule has 4 nitrogen and oxygen atoms in total. The summed E-state index contributed by atoms with van der Waals surface area (Å²) in [6.45, 7) is 3.06. The first-order chi connectivity index (χ1) is 12.2. The normalized spacial score (nSPS) is 34.1. The minimum Gasteiger partial charge on any atom is -0.375 e. The number of hydrogen-bond donors (Lipinski definition) is 0. The van der Waals surface area contributed by atoms with Crippen LogP contribution in [-0.2, 0) is 18.7 Å². The van der Waals surface area contributed by atoms with Crippen molar-refractivity contribution in [2.75, 3.05) is 6.61 Å². The Bertz CT molecular complexity index is 380. The van der Waals surface area contributed by atoms with Crippen molar-refractivity contribution in [3.05, 3.63) is 0 Å². The SMILES string of the molecule is CCC[C@@H](C[C@@H]1CCC[C@H](C[C@@H]2CCOC3(CCCCC3)O2)O1)OP. The summed E-state index contributed by atoms with van der Waals surface area (Å²) in [6.07, 6.45) is 16.2. The third kappa shape index (κ3) is 5.87. The first kappa shape index (κ1) is 20.0. The average Bonchev–Trinajstić information content (AvgIpc) is 2.62. The summed E-state index contributed by atoms with van der Waals surface area (Å²) in [6, 6.07) is 0. The van der Waals surface area contributed by atoms with Gasteiger partial charge in [0.1, 0.15) is 0 Å². The molecule has 0 aromatic heterocycles. The van der Waals surface area contributed by atoms with E-state index in [-0.39, 0.29) is 5.79 Å². The van der Waals surface area contributed by atoms with E-state index in [0.717, 1.165) is 51.6 Å². The molecule has 0 aromatic rings. The number of hydrogen-bond acceptors (Lipinski definition) is 4. The largest absolute Gasteiger partial charge is 0.375 e. The third-order valence-electron chi connectivity index (χ3n) is 6.09. The quantitative estimate of drug-likeness (QED) is 0.580. The Hall–Kier alpha value is 0.270. The maximum absolute atomic E-state index is 6.46. The molecule has 0 radical (unpaired) electrons. The lowest BCUT2D eigenvalue weighted by Crippen LogP contribution is -2.47. The van der Waals surface area contributed by atoms with Gasteiger partial charge in [-0.05, 0) is 51.4 Å². The van der Waals surface area contributed by atoms with Crippen LogP contribution in [0.2, 0.25) is 0 Å². The van der Waals surface area contributed by atoms with Gasteiger partial charge in [-0.15, -0.1) is 0 Å². The van der Waals surface area contributed by atoms with Gasteiger partial charge in [0.25, 0.3) is 0 Å². The van der Waals surface area contributed by atoms with E-state index in [2.05, 4.69) is 16.4 Å². The van der Waals surface area contributed by atoms with Crippen LogP contribution in [0.1, 0.15) is 90.4 Å². The van der Waals surface area contributed by atoms with Crippen LogP contribution >= 0.6 is 9.47 Å². The monoisotopic (exact) mass is 372 g/mol. The van der Waals surface area contributed by atoms with Crippen LogP contribution in [0.4, 0.5) is 0 Å². The zero-order chi connectivity index (χ0) is 17.5. The Kier molecular flexibility index (Phi) is 8.00. The molecule has 0 aromatic carbocycles. The van der Waals surface area contributed by atoms with E-state index in [4.69, 9.17) is 18.7 Å². The van der Waals surface area contributed by atoms with Crippen LogP contribution in [-0.4, -0.2) is 36.8 Å². The number of ether oxygens (including phenoxy) is 3. The van der Waals surface area contributed by atoms with Crippen molar-refractivity contribution >= 4 is 9.47 Å². The molecule has 25 heavy (non-hydrogen) atoms. The molecule has 5 atom stereocenters. The van der Waals surface area contributed by atoms with Crippen LogP contribution < -0.4 is 0 Å². The summed E-state index contributed by atoms with van der Waals surface area (Å²) in [5.74, 6) is -0.269. The molecular formula is C20H37O4P. The van der Waals surface area contributed by atoms with Crippen molar-refractivity contribution in [3.8, 4) is 0 Å². The van der Waals surface area contributed by atoms with Gasteiger partial charge in [0.15, 0.2) is 5.79 Å². The predicted molar refractivity (Wildman–Crippen MR) is 102 cm³/mol. The highest BCUT2D eigenvalue weighted by Gasteiger charge is 2.40. The van der Waals surface area contributed by atoms with E-state index in [0.29, 0.717) is 24.4 Å². The van der Waals surface area contributed by atoms with E-state index < -0.39 is 0 Å². The van der Waals surface area contributed by atoms with Gasteiger partial charge >= 0.3 is 0 Å². The van der Waals surface area contributed by atoms with Crippen molar-refractivity contribution < 1.29 is 18.7 Å². The lowest BCUT2D eigenvalue weighted by atomic mass is 9.91. The molecule has 1 spiro atoms. The molecule has 2 heterocycles. The van der Waals surface area contributed by atoms with Crippen LogP contribution in [0.5, 0.6) is 0 Å². The molecular weight excluding hydrogens is 335 g/mol. The second-order valence-corrected chi connectivity index (χ2v) is 8.45. The van der Waals surface area contributed by atoms with Crippen LogP contribution in [0.25, 0.3) is 0 Å². The van der Waals surface area contributed by atoms with Gasteiger partial charge in [0.2, 0.25) is 0 Å². The van der Waals surface area contributed by atoms with Gasteiger partial charge in [-0.1, -0.05) is 19.8 Å². The zero-order valence-corrected chi connectivity index (χ0v) is 17.1. The molecule has 0 amide bonds. The highest BCUT2D eigenvalue weighted by molar-refractivity contribution is 7.09. The Morgan fingerprint density at radius 2 is 1.84 bits per heavy atom. The Balaban J connectivity index is 1.47. The maximum atomic E-state index is 6.46. The fourth-order valence-electron chi connectivity index (χ4n) is 4.77. The van der Waals surface area contributed by atoms with Crippen molar-refractivity contribution in [2.45, 2.75) is 121 Å². The minimum atomic E-state index is -0.269. The van der Waals surface area contributed by atoms with Crippen LogP contribution in [0.15, 0.2) is 0 Å². The fourth-order valence-corrected chi connectivity index (χ4v) is 5.02. The molecule has 1 unspecified atom stereocenters. The molecule has 1 saturated carbocycles. The second-order valence-electron chi connectivity index (χ2n) is 8.18. The summed E-state index contributed by atoms with van der Waals surface area (Å²) >= 11 is 0. The summed E-state index contributed by atoms with van der Waals surface area (Å²) < 4.78 is 24.5. The summed E-state index contributed by atoms with van der Waals surface area (Å²) in [4.78, 5) is 0. The average molecular weight is 372 g/mol. The van der Waals surface area contributed by atoms with Gasteiger partial charge in [-0.2, -0.15) is 0 Å². The van der Waals surface area contributed by atoms with Crippen molar-refractivity contribution in [1.29, 1.82) is 0 Å². The Labute approximate surface area is 156 Å². The Morgan fingerprint density at radius 3 is 2.60 bits per heavy atom. The highest BCUT2D eigenvalue weighted by atomic mass is 31.0. The minimum absolute atomic E-state index is 0.269. The summed E-state index contributed by atoms with van der Waals surface area (Å²) in [5.41, 5.74) is 0. The molecule has 2 saturated heterocycles. The van der Waals surface area contributed by atoms with Crippen LogP contribution in [0.3, 0.4) is 0 Å². The smallest absolute Gasteiger partial charge is 0.168 e. The molecule has 146 valence electrons. The van der Waals surface area contributed by atoms with Gasteiger partial charge in [0, 0.05) is 28.7 Å². The lowest BCUT2D eigenvalue weighted by Gasteiger charge is -2.44. The molecule has 5 heteroatoms. The van der Waals surface area contributed by atoms with Gasteiger partial charge < -0.3 is 18.7 Å². The van der Waals surface area contributed by atoms with E-state index in [1.807, 2.05) is 0 Å². The molecule has 3 aliphatic rings. The highest BCUT2D eigenvalue weighted by Crippen LogP contribution is 2.38. The molecule has 3 rings (SSSR count). The van der Waals surface area contributed by atoms with Gasteiger partial charge in [-0.25, -0.2) is 0 Å². The van der Waals surface area contributed by atoms with E-state index in [1.54, 1.807) is 0 Å². The molecule has 0 N–H and O–H groups in total. The van der Waals surface area contributed by atoms with Gasteiger partial charge in [-0.3, -0.25) is 0 Å². The zero-order valence-electron chi connectivity index (χ0n) is 15.9. The van der Waals surface area contributed by atoms with E-state index in [1.165, 1.54) is 38.5 Å². The fraction of sp³-hybridized carbons (Fsp3) is 1.00. The van der Waals surface area contributed by atoms with Crippen LogP contribution in [0, 0.1) is 0 Å². The molecule has 1 aliphatic carbocycles. The van der Waals surface area contributed by atoms with Crippen molar-refractivity contribution in [2.24, 2.45) is 0 Å². The predicted octanol–water partition coefficient (Wildman–Crippen LogP) is 5.15. The third-order valence-corrected chi connectivity index (χ3v) is 6.48. The standard InChI is InChI=1S/C20H37O4P/c1-2-7-19(24-25)15-17-9-6-8-16(22-17)14-18-10-13-21-20(23-18)11-4-3-5-12-20/h16-19H,2-15,25H2,1H3/t16-,17+,18+,19+/m1/s1. The van der Waals surface area contributed by atoms with E-state index >= 15 is 0 Å². The number of rotatable bonds is 7. The molecule has 0 bridgehead atoms. The summed E-state index contributed by atoms with van der Waals surface area (Å²) in [5, 5.41) is 0.